The number of anilines is 2. The summed E-state index contributed by atoms with van der Waals surface area (Å²) in [5.74, 6) is 0.960. The highest BCUT2D eigenvalue weighted by atomic mass is 15.3. The van der Waals surface area contributed by atoms with Crippen LogP contribution in [0.25, 0.3) is 0 Å². The maximum Gasteiger partial charge on any atom is 0.0607 e. The predicted molar refractivity (Wildman–Crippen MR) is 71.6 cm³/mol. The lowest BCUT2D eigenvalue weighted by Gasteiger charge is -2.40. The molecular weight excluding hydrogens is 208 g/mol. The molecule has 1 saturated heterocycles. The zero-order valence-electron chi connectivity index (χ0n) is 10.2. The van der Waals surface area contributed by atoms with Gasteiger partial charge in [0.05, 0.1) is 11.4 Å². The summed E-state index contributed by atoms with van der Waals surface area (Å²) in [4.78, 5) is 2.75. The first-order valence-corrected chi connectivity index (χ1v) is 7.05. The summed E-state index contributed by atoms with van der Waals surface area (Å²) in [6.07, 6.45) is 7.16. The van der Waals surface area contributed by atoms with Crippen molar-refractivity contribution in [3.63, 3.8) is 0 Å². The molecule has 0 bridgehead atoms. The van der Waals surface area contributed by atoms with Gasteiger partial charge in [-0.05, 0) is 37.3 Å². The molecule has 2 heteroatoms. The van der Waals surface area contributed by atoms with Gasteiger partial charge in [0.25, 0.3) is 0 Å². The molecule has 0 aromatic heterocycles. The molecule has 3 atom stereocenters. The Hall–Kier alpha value is -1.18. The Bertz CT molecular complexity index is 429. The van der Waals surface area contributed by atoms with Crippen molar-refractivity contribution < 1.29 is 0 Å². The van der Waals surface area contributed by atoms with E-state index in [1.807, 2.05) is 0 Å². The molecule has 2 heterocycles. The van der Waals surface area contributed by atoms with Gasteiger partial charge in [-0.25, -0.2) is 0 Å². The maximum atomic E-state index is 3.60. The first-order valence-electron chi connectivity index (χ1n) is 7.05. The average molecular weight is 228 g/mol. The number of benzene rings is 1. The first-order chi connectivity index (χ1) is 8.43. The normalized spacial score (nSPS) is 34.6. The highest BCUT2D eigenvalue weighted by Crippen LogP contribution is 2.46. The van der Waals surface area contributed by atoms with Crippen LogP contribution < -0.4 is 10.2 Å². The minimum Gasteiger partial charge on any atom is -0.381 e. The molecule has 1 aliphatic carbocycles. The molecule has 4 rings (SSSR count). The van der Waals surface area contributed by atoms with E-state index in [1.54, 1.807) is 0 Å². The van der Waals surface area contributed by atoms with Crippen molar-refractivity contribution in [2.75, 3.05) is 16.8 Å². The van der Waals surface area contributed by atoms with E-state index in [0.717, 1.165) is 24.5 Å². The highest BCUT2D eigenvalue weighted by molar-refractivity contribution is 5.73. The molecule has 1 saturated carbocycles. The van der Waals surface area contributed by atoms with Crippen LogP contribution in [0.1, 0.15) is 32.1 Å². The molecule has 2 fully saturated rings. The van der Waals surface area contributed by atoms with Crippen molar-refractivity contribution in [1.29, 1.82) is 0 Å². The van der Waals surface area contributed by atoms with Gasteiger partial charge < -0.3 is 10.2 Å². The second-order valence-corrected chi connectivity index (χ2v) is 5.81. The van der Waals surface area contributed by atoms with E-state index in [9.17, 15) is 0 Å². The lowest BCUT2D eigenvalue weighted by molar-refractivity contribution is 0.342. The topological polar surface area (TPSA) is 15.3 Å². The van der Waals surface area contributed by atoms with Gasteiger partial charge in [0.15, 0.2) is 0 Å². The smallest absolute Gasteiger partial charge is 0.0607 e. The number of fused-ring (bicyclic) bond motifs is 5. The highest BCUT2D eigenvalue weighted by Gasteiger charge is 2.43. The summed E-state index contributed by atoms with van der Waals surface area (Å²) >= 11 is 0. The Balaban J connectivity index is 1.75. The molecular formula is C15H20N2. The van der Waals surface area contributed by atoms with Gasteiger partial charge >= 0.3 is 0 Å². The summed E-state index contributed by atoms with van der Waals surface area (Å²) in [5, 5.41) is 3.60. The summed E-state index contributed by atoms with van der Waals surface area (Å²) in [7, 11) is 0. The third-order valence-electron chi connectivity index (χ3n) is 4.90. The van der Waals surface area contributed by atoms with Crippen LogP contribution in [-0.4, -0.2) is 18.6 Å². The first kappa shape index (κ1) is 9.81. The Kier molecular flexibility index (Phi) is 2.11. The van der Waals surface area contributed by atoms with Crippen LogP contribution in [0.4, 0.5) is 11.4 Å². The third-order valence-corrected chi connectivity index (χ3v) is 4.90. The van der Waals surface area contributed by atoms with Crippen LogP contribution in [0, 0.1) is 5.92 Å². The monoisotopic (exact) mass is 228 g/mol. The van der Waals surface area contributed by atoms with E-state index in [-0.39, 0.29) is 0 Å². The Morgan fingerprint density at radius 1 is 1.12 bits per heavy atom. The van der Waals surface area contributed by atoms with Crippen LogP contribution in [0.2, 0.25) is 0 Å². The number of nitrogens with one attached hydrogen (secondary N) is 1. The minimum atomic E-state index is 0.748. The molecule has 1 N–H and O–H groups in total. The zero-order chi connectivity index (χ0) is 11.2. The van der Waals surface area contributed by atoms with Gasteiger partial charge in [0.2, 0.25) is 0 Å². The van der Waals surface area contributed by atoms with Crippen LogP contribution in [0.15, 0.2) is 24.3 Å². The maximum absolute atomic E-state index is 3.60. The fraction of sp³-hybridized carbons (Fsp3) is 0.600. The van der Waals surface area contributed by atoms with Crippen molar-refractivity contribution in [2.45, 2.75) is 44.2 Å². The van der Waals surface area contributed by atoms with Crippen molar-refractivity contribution in [1.82, 2.24) is 0 Å². The Morgan fingerprint density at radius 2 is 2.00 bits per heavy atom. The zero-order valence-corrected chi connectivity index (χ0v) is 10.2. The molecule has 0 amide bonds. The SMILES string of the molecule is c1ccc2c(c1)NCC1CC3CCCCC3N21. The van der Waals surface area contributed by atoms with Crippen LogP contribution >= 0.6 is 0 Å². The quantitative estimate of drug-likeness (QED) is 0.733. The summed E-state index contributed by atoms with van der Waals surface area (Å²) in [6.45, 7) is 1.14. The molecule has 3 unspecified atom stereocenters. The van der Waals surface area contributed by atoms with Crippen molar-refractivity contribution in [3.8, 4) is 0 Å². The Labute approximate surface area is 103 Å². The van der Waals surface area contributed by atoms with Crippen LogP contribution in [0.3, 0.4) is 0 Å². The minimum absolute atomic E-state index is 0.748. The molecule has 3 aliphatic rings. The van der Waals surface area contributed by atoms with Gasteiger partial charge in [0.1, 0.15) is 0 Å². The Morgan fingerprint density at radius 3 is 3.00 bits per heavy atom. The molecule has 0 spiro atoms. The van der Waals surface area contributed by atoms with Gasteiger partial charge in [-0.1, -0.05) is 25.0 Å². The van der Waals surface area contributed by atoms with Gasteiger partial charge in [0, 0.05) is 18.6 Å². The van der Waals surface area contributed by atoms with Crippen LogP contribution in [-0.2, 0) is 0 Å². The van der Waals surface area contributed by atoms with E-state index in [2.05, 4.69) is 34.5 Å². The fourth-order valence-electron chi connectivity index (χ4n) is 4.20. The third kappa shape index (κ3) is 1.39. The number of nitrogens with zero attached hydrogens (tertiary/aromatic N) is 1. The second-order valence-electron chi connectivity index (χ2n) is 5.81. The van der Waals surface area contributed by atoms with E-state index < -0.39 is 0 Å². The molecule has 90 valence electrons. The van der Waals surface area contributed by atoms with E-state index in [4.69, 9.17) is 0 Å². The molecule has 1 aromatic rings. The lowest BCUT2D eigenvalue weighted by Crippen LogP contribution is -2.44. The average Bonchev–Trinajstić information content (AvgIpc) is 2.77. The van der Waals surface area contributed by atoms with Gasteiger partial charge in [-0.15, -0.1) is 0 Å². The summed E-state index contributed by atoms with van der Waals surface area (Å²) in [5.41, 5.74) is 2.80. The molecule has 2 aliphatic heterocycles. The van der Waals surface area contributed by atoms with Gasteiger partial charge in [-0.2, -0.15) is 0 Å². The summed E-state index contributed by atoms with van der Waals surface area (Å²) < 4.78 is 0. The molecule has 17 heavy (non-hydrogen) atoms. The number of rotatable bonds is 0. The summed E-state index contributed by atoms with van der Waals surface area (Å²) in [6, 6.07) is 10.4. The van der Waals surface area contributed by atoms with E-state index >= 15 is 0 Å². The predicted octanol–water partition coefficient (Wildman–Crippen LogP) is 3.25. The molecule has 0 radical (unpaired) electrons. The van der Waals surface area contributed by atoms with Crippen LogP contribution in [0.5, 0.6) is 0 Å². The number of hydrogen-bond donors (Lipinski definition) is 1. The standard InChI is InChI=1S/C15H20N2/c1-3-7-14-11(5-1)9-12-10-16-13-6-2-4-8-15(13)17(12)14/h2,4,6,8,11-12,14,16H,1,3,5,7,9-10H2. The fourth-order valence-corrected chi connectivity index (χ4v) is 4.20. The van der Waals surface area contributed by atoms with E-state index in [0.29, 0.717) is 0 Å². The van der Waals surface area contributed by atoms with Gasteiger partial charge in [-0.3, -0.25) is 0 Å². The number of para-hydroxylation sites is 2. The molecule has 2 nitrogen and oxygen atoms in total. The second kappa shape index (κ2) is 3.66. The van der Waals surface area contributed by atoms with Crippen molar-refractivity contribution in [3.05, 3.63) is 24.3 Å². The molecule has 1 aromatic carbocycles. The number of hydrogen-bond acceptors (Lipinski definition) is 2. The van der Waals surface area contributed by atoms with Crippen molar-refractivity contribution in [2.24, 2.45) is 5.92 Å². The largest absolute Gasteiger partial charge is 0.381 e. The lowest BCUT2D eigenvalue weighted by atomic mass is 9.85. The van der Waals surface area contributed by atoms with Crippen molar-refractivity contribution >= 4 is 11.4 Å². The van der Waals surface area contributed by atoms with E-state index in [1.165, 1.54) is 43.5 Å².